The van der Waals surface area contributed by atoms with Crippen molar-refractivity contribution >= 4 is 34.1 Å². The standard InChI is InChI=1S/C15H13F2N5O2S2/c1-22-12(9-2-4-10(5-3-9)24-13(16)17)20-21-15(22)26-8-11(23)19-14-18-6-7-25-14/h2-7,13H,8H2,1H3,(H,18,19,23). The first kappa shape index (κ1) is 18.3. The first-order valence-corrected chi connectivity index (χ1v) is 9.16. The highest BCUT2D eigenvalue weighted by Gasteiger charge is 2.14. The minimum Gasteiger partial charge on any atom is -0.435 e. The summed E-state index contributed by atoms with van der Waals surface area (Å²) in [6, 6.07) is 6.10. The third-order valence-corrected chi connectivity index (χ3v) is 4.89. The molecule has 0 unspecified atom stereocenters. The fourth-order valence-corrected chi connectivity index (χ4v) is 3.30. The van der Waals surface area contributed by atoms with Gasteiger partial charge in [-0.15, -0.1) is 21.5 Å². The number of hydrogen-bond donors (Lipinski definition) is 1. The Morgan fingerprint density at radius 2 is 2.12 bits per heavy atom. The second-order valence-corrected chi connectivity index (χ2v) is 6.78. The Balaban J connectivity index is 1.63. The van der Waals surface area contributed by atoms with E-state index < -0.39 is 6.61 Å². The van der Waals surface area contributed by atoms with Gasteiger partial charge < -0.3 is 14.6 Å². The monoisotopic (exact) mass is 397 g/mol. The van der Waals surface area contributed by atoms with Crippen LogP contribution in [0.5, 0.6) is 5.75 Å². The molecular weight excluding hydrogens is 384 g/mol. The van der Waals surface area contributed by atoms with Crippen LogP contribution in [-0.2, 0) is 11.8 Å². The molecule has 2 aromatic heterocycles. The van der Waals surface area contributed by atoms with Crippen LogP contribution in [0.4, 0.5) is 13.9 Å². The summed E-state index contributed by atoms with van der Waals surface area (Å²) in [7, 11) is 1.76. The summed E-state index contributed by atoms with van der Waals surface area (Å²) in [5.74, 6) is 0.589. The van der Waals surface area contributed by atoms with Gasteiger partial charge in [0.1, 0.15) is 5.75 Å². The van der Waals surface area contributed by atoms with Crippen LogP contribution in [0.1, 0.15) is 0 Å². The zero-order valence-corrected chi connectivity index (χ0v) is 15.1. The number of nitrogens with one attached hydrogen (secondary N) is 1. The predicted molar refractivity (Wildman–Crippen MR) is 94.5 cm³/mol. The van der Waals surface area contributed by atoms with Crippen molar-refractivity contribution in [1.82, 2.24) is 19.7 Å². The van der Waals surface area contributed by atoms with E-state index in [9.17, 15) is 13.6 Å². The molecule has 1 amide bonds. The van der Waals surface area contributed by atoms with Gasteiger partial charge >= 0.3 is 6.61 Å². The summed E-state index contributed by atoms with van der Waals surface area (Å²) in [6.07, 6.45) is 1.61. The molecular formula is C15H13F2N5O2S2. The van der Waals surface area contributed by atoms with Crippen molar-refractivity contribution in [3.63, 3.8) is 0 Å². The van der Waals surface area contributed by atoms with Crippen molar-refractivity contribution in [2.75, 3.05) is 11.1 Å². The zero-order valence-electron chi connectivity index (χ0n) is 13.4. The number of carbonyl (C=O) groups is 1. The van der Waals surface area contributed by atoms with E-state index in [1.54, 1.807) is 35.3 Å². The second-order valence-electron chi connectivity index (χ2n) is 4.94. The van der Waals surface area contributed by atoms with Crippen molar-refractivity contribution in [1.29, 1.82) is 0 Å². The van der Waals surface area contributed by atoms with E-state index >= 15 is 0 Å². The number of thioether (sulfide) groups is 1. The quantitative estimate of drug-likeness (QED) is 0.616. The Kier molecular flexibility index (Phi) is 5.78. The van der Waals surface area contributed by atoms with Crippen LogP contribution in [-0.4, -0.2) is 38.0 Å². The van der Waals surface area contributed by atoms with Crippen molar-refractivity contribution in [2.24, 2.45) is 7.05 Å². The number of benzene rings is 1. The van der Waals surface area contributed by atoms with Gasteiger partial charge in [-0.1, -0.05) is 11.8 Å². The van der Waals surface area contributed by atoms with E-state index in [1.165, 1.54) is 35.2 Å². The Bertz CT molecular complexity index is 869. The predicted octanol–water partition coefficient (Wildman–Crippen LogP) is 3.27. The van der Waals surface area contributed by atoms with Crippen molar-refractivity contribution < 1.29 is 18.3 Å². The summed E-state index contributed by atoms with van der Waals surface area (Å²) >= 11 is 2.57. The molecule has 0 atom stereocenters. The molecule has 0 spiro atoms. The van der Waals surface area contributed by atoms with Crippen LogP contribution in [0.15, 0.2) is 41.0 Å². The molecule has 0 aliphatic heterocycles. The topological polar surface area (TPSA) is 81.9 Å². The van der Waals surface area contributed by atoms with Crippen LogP contribution >= 0.6 is 23.1 Å². The highest BCUT2D eigenvalue weighted by atomic mass is 32.2. The number of hydrogen-bond acceptors (Lipinski definition) is 7. The number of alkyl halides is 2. The first-order chi connectivity index (χ1) is 12.5. The fourth-order valence-electron chi connectivity index (χ4n) is 2.05. The average Bonchev–Trinajstić information content (AvgIpc) is 3.23. The van der Waals surface area contributed by atoms with E-state index in [-0.39, 0.29) is 17.4 Å². The van der Waals surface area contributed by atoms with E-state index in [0.717, 1.165) is 0 Å². The lowest BCUT2D eigenvalue weighted by atomic mass is 10.2. The maximum Gasteiger partial charge on any atom is 0.387 e. The number of aromatic nitrogens is 4. The molecule has 0 radical (unpaired) electrons. The molecule has 0 aliphatic carbocycles. The highest BCUT2D eigenvalue weighted by molar-refractivity contribution is 7.99. The van der Waals surface area contributed by atoms with E-state index in [2.05, 4.69) is 25.2 Å². The van der Waals surface area contributed by atoms with Crippen LogP contribution < -0.4 is 10.1 Å². The van der Waals surface area contributed by atoms with E-state index in [4.69, 9.17) is 0 Å². The average molecular weight is 397 g/mol. The number of rotatable bonds is 7. The highest BCUT2D eigenvalue weighted by Crippen LogP contribution is 2.25. The van der Waals surface area contributed by atoms with Crippen LogP contribution in [0.2, 0.25) is 0 Å². The number of thiazole rings is 1. The number of anilines is 1. The Morgan fingerprint density at radius 3 is 2.77 bits per heavy atom. The summed E-state index contributed by atoms with van der Waals surface area (Å²) < 4.78 is 30.4. The summed E-state index contributed by atoms with van der Waals surface area (Å²) in [5.41, 5.74) is 0.695. The maximum atomic E-state index is 12.2. The zero-order chi connectivity index (χ0) is 18.5. The Hall–Kier alpha value is -2.53. The largest absolute Gasteiger partial charge is 0.435 e. The molecule has 3 aromatic rings. The molecule has 1 N–H and O–H groups in total. The lowest BCUT2D eigenvalue weighted by Crippen LogP contribution is -2.14. The number of carbonyl (C=O) groups excluding carboxylic acids is 1. The van der Waals surface area contributed by atoms with Gasteiger partial charge in [0.2, 0.25) is 5.91 Å². The Labute approximate surface area is 155 Å². The normalized spacial score (nSPS) is 10.9. The molecule has 0 saturated heterocycles. The number of halogens is 2. The summed E-state index contributed by atoms with van der Waals surface area (Å²) in [6.45, 7) is -2.87. The summed E-state index contributed by atoms with van der Waals surface area (Å²) in [5, 5.41) is 13.7. The van der Waals surface area contributed by atoms with Crippen molar-refractivity contribution in [3.05, 3.63) is 35.8 Å². The first-order valence-electron chi connectivity index (χ1n) is 7.29. The van der Waals surface area contributed by atoms with Crippen LogP contribution in [0.25, 0.3) is 11.4 Å². The maximum absolute atomic E-state index is 12.2. The van der Waals surface area contributed by atoms with Crippen LogP contribution in [0, 0.1) is 0 Å². The smallest absolute Gasteiger partial charge is 0.387 e. The molecule has 3 rings (SSSR count). The molecule has 0 fully saturated rings. The van der Waals surface area contributed by atoms with Gasteiger partial charge in [0.05, 0.1) is 5.75 Å². The second kappa shape index (κ2) is 8.23. The van der Waals surface area contributed by atoms with E-state index in [0.29, 0.717) is 21.7 Å². The molecule has 7 nitrogen and oxygen atoms in total. The van der Waals surface area contributed by atoms with E-state index in [1.807, 2.05) is 0 Å². The molecule has 136 valence electrons. The Morgan fingerprint density at radius 1 is 1.35 bits per heavy atom. The third kappa shape index (κ3) is 4.55. The fraction of sp³-hybridized carbons (Fsp3) is 0.200. The molecule has 0 bridgehead atoms. The van der Waals surface area contributed by atoms with Crippen molar-refractivity contribution in [3.8, 4) is 17.1 Å². The third-order valence-electron chi connectivity index (χ3n) is 3.18. The van der Waals surface area contributed by atoms with Crippen molar-refractivity contribution in [2.45, 2.75) is 11.8 Å². The minimum absolute atomic E-state index is 0.0689. The van der Waals surface area contributed by atoms with Gasteiger partial charge in [0.25, 0.3) is 0 Å². The molecule has 26 heavy (non-hydrogen) atoms. The molecule has 11 heteroatoms. The van der Waals surface area contributed by atoms with Gasteiger partial charge in [-0.3, -0.25) is 4.79 Å². The van der Waals surface area contributed by atoms with Gasteiger partial charge in [0, 0.05) is 24.2 Å². The lowest BCUT2D eigenvalue weighted by molar-refractivity contribution is -0.113. The lowest BCUT2D eigenvalue weighted by Gasteiger charge is -2.06. The van der Waals surface area contributed by atoms with Gasteiger partial charge in [-0.05, 0) is 24.3 Å². The number of amides is 1. The van der Waals surface area contributed by atoms with Gasteiger partial charge in [-0.2, -0.15) is 8.78 Å². The number of nitrogens with zero attached hydrogens (tertiary/aromatic N) is 4. The molecule has 1 aromatic carbocycles. The molecule has 0 saturated carbocycles. The molecule has 0 aliphatic rings. The molecule has 2 heterocycles. The SMILES string of the molecule is Cn1c(SCC(=O)Nc2nccs2)nnc1-c1ccc(OC(F)F)cc1. The number of ether oxygens (including phenoxy) is 1. The minimum atomic E-state index is -2.87. The van der Waals surface area contributed by atoms with Gasteiger partial charge in [0.15, 0.2) is 16.1 Å². The van der Waals surface area contributed by atoms with Crippen LogP contribution in [0.3, 0.4) is 0 Å². The van der Waals surface area contributed by atoms with Gasteiger partial charge in [-0.25, -0.2) is 4.98 Å². The summed E-state index contributed by atoms with van der Waals surface area (Å²) in [4.78, 5) is 15.9.